The van der Waals surface area contributed by atoms with Crippen LogP contribution in [0.5, 0.6) is 5.75 Å². The Morgan fingerprint density at radius 3 is 2.43 bits per heavy atom. The van der Waals surface area contributed by atoms with Gasteiger partial charge in [0.15, 0.2) is 0 Å². The van der Waals surface area contributed by atoms with Gasteiger partial charge in [-0.05, 0) is 29.8 Å². The summed E-state index contributed by atoms with van der Waals surface area (Å²) in [7, 11) is 1.66. The van der Waals surface area contributed by atoms with Crippen molar-refractivity contribution in [2.24, 2.45) is 0 Å². The second-order valence-electron chi connectivity index (χ2n) is 8.53. The molecule has 5 rings (SSSR count). The van der Waals surface area contributed by atoms with Gasteiger partial charge in [-0.1, -0.05) is 36.4 Å². The molecule has 0 radical (unpaired) electrons. The Kier molecular flexibility index (Phi) is 6.43. The van der Waals surface area contributed by atoms with Gasteiger partial charge in [0.25, 0.3) is 5.56 Å². The van der Waals surface area contributed by atoms with Crippen LogP contribution < -0.4 is 15.2 Å². The van der Waals surface area contributed by atoms with Gasteiger partial charge < -0.3 is 14.5 Å². The van der Waals surface area contributed by atoms with Gasteiger partial charge in [0.05, 0.1) is 23.9 Å². The molecule has 3 heterocycles. The molecule has 1 saturated heterocycles. The van der Waals surface area contributed by atoms with Crippen LogP contribution >= 0.6 is 0 Å². The smallest absolute Gasteiger partial charge is 0.275 e. The lowest BCUT2D eigenvalue weighted by Gasteiger charge is -2.36. The van der Waals surface area contributed by atoms with E-state index < -0.39 is 0 Å². The summed E-state index contributed by atoms with van der Waals surface area (Å²) in [6.07, 6.45) is 4.04. The van der Waals surface area contributed by atoms with Crippen molar-refractivity contribution in [3.63, 3.8) is 0 Å². The standard InChI is InChI=1S/C27H27N5O3/c1-35-25-11-5-4-10-24(25)30-13-15-31(16-14-30)26(33)19-32-27(34)22-9-3-2-8-21(22)23(29-32)17-20-7-6-12-28-18-20/h2-12,18H,13-17,19H2,1H3. The van der Waals surface area contributed by atoms with E-state index in [9.17, 15) is 9.59 Å². The van der Waals surface area contributed by atoms with Crippen molar-refractivity contribution < 1.29 is 9.53 Å². The number of methoxy groups -OCH3 is 1. The molecule has 0 aliphatic carbocycles. The van der Waals surface area contributed by atoms with Crippen LogP contribution in [0.4, 0.5) is 5.69 Å². The highest BCUT2D eigenvalue weighted by Gasteiger charge is 2.24. The van der Waals surface area contributed by atoms with E-state index in [1.807, 2.05) is 54.6 Å². The number of pyridine rings is 1. The molecule has 0 spiro atoms. The number of fused-ring (bicyclic) bond motifs is 1. The van der Waals surface area contributed by atoms with Gasteiger partial charge in [-0.3, -0.25) is 14.6 Å². The zero-order valence-corrected chi connectivity index (χ0v) is 19.6. The van der Waals surface area contributed by atoms with Crippen molar-refractivity contribution in [1.29, 1.82) is 0 Å². The van der Waals surface area contributed by atoms with Crippen LogP contribution in [0.2, 0.25) is 0 Å². The Morgan fingerprint density at radius 1 is 0.943 bits per heavy atom. The molecule has 1 aliphatic rings. The summed E-state index contributed by atoms with van der Waals surface area (Å²) in [5.74, 6) is 0.710. The highest BCUT2D eigenvalue weighted by Crippen LogP contribution is 2.28. The third-order valence-electron chi connectivity index (χ3n) is 6.38. The zero-order chi connectivity index (χ0) is 24.2. The first-order valence-corrected chi connectivity index (χ1v) is 11.7. The predicted octanol–water partition coefficient (Wildman–Crippen LogP) is 2.74. The number of hydrogen-bond donors (Lipinski definition) is 0. The molecule has 2 aromatic heterocycles. The van der Waals surface area contributed by atoms with E-state index in [1.165, 1.54) is 4.68 Å². The van der Waals surface area contributed by atoms with Crippen molar-refractivity contribution in [3.05, 3.63) is 94.7 Å². The maximum Gasteiger partial charge on any atom is 0.275 e. The molecule has 8 nitrogen and oxygen atoms in total. The molecule has 4 aromatic rings. The van der Waals surface area contributed by atoms with E-state index in [2.05, 4.69) is 15.0 Å². The van der Waals surface area contributed by atoms with Crippen molar-refractivity contribution in [1.82, 2.24) is 19.7 Å². The summed E-state index contributed by atoms with van der Waals surface area (Å²) in [5.41, 5.74) is 2.52. The first-order chi connectivity index (χ1) is 17.1. The molecular formula is C27H27N5O3. The van der Waals surface area contributed by atoms with Crippen LogP contribution in [0, 0.1) is 0 Å². The summed E-state index contributed by atoms with van der Waals surface area (Å²) < 4.78 is 6.79. The number of anilines is 1. The number of rotatable bonds is 6. The third kappa shape index (κ3) is 4.73. The van der Waals surface area contributed by atoms with Gasteiger partial charge in [0.1, 0.15) is 12.3 Å². The lowest BCUT2D eigenvalue weighted by molar-refractivity contribution is -0.132. The minimum Gasteiger partial charge on any atom is -0.495 e. The Morgan fingerprint density at radius 2 is 1.69 bits per heavy atom. The average molecular weight is 470 g/mol. The monoisotopic (exact) mass is 469 g/mol. The van der Waals surface area contributed by atoms with Crippen LogP contribution in [-0.4, -0.2) is 58.9 Å². The molecule has 1 aliphatic heterocycles. The maximum absolute atomic E-state index is 13.2. The van der Waals surface area contributed by atoms with Crippen molar-refractivity contribution >= 4 is 22.4 Å². The lowest BCUT2D eigenvalue weighted by Crippen LogP contribution is -2.50. The number of benzene rings is 2. The first kappa shape index (κ1) is 22.6. The summed E-state index contributed by atoms with van der Waals surface area (Å²) >= 11 is 0. The molecule has 1 amide bonds. The quantitative estimate of drug-likeness (QED) is 0.432. The second-order valence-corrected chi connectivity index (χ2v) is 8.53. The highest BCUT2D eigenvalue weighted by molar-refractivity contribution is 5.84. The van der Waals surface area contributed by atoms with Gasteiger partial charge >= 0.3 is 0 Å². The average Bonchev–Trinajstić information content (AvgIpc) is 2.92. The fraction of sp³-hybridized carbons (Fsp3) is 0.259. The second kappa shape index (κ2) is 9.97. The van der Waals surface area contributed by atoms with E-state index in [-0.39, 0.29) is 18.0 Å². The Balaban J connectivity index is 1.34. The van der Waals surface area contributed by atoms with Gasteiger partial charge in [-0.2, -0.15) is 5.10 Å². The van der Waals surface area contributed by atoms with E-state index in [4.69, 9.17) is 4.74 Å². The molecule has 0 unspecified atom stereocenters. The van der Waals surface area contributed by atoms with Crippen LogP contribution in [0.1, 0.15) is 11.3 Å². The van der Waals surface area contributed by atoms with Gasteiger partial charge in [0.2, 0.25) is 5.91 Å². The predicted molar refractivity (Wildman–Crippen MR) is 135 cm³/mol. The molecule has 0 bridgehead atoms. The molecule has 35 heavy (non-hydrogen) atoms. The minimum atomic E-state index is -0.253. The first-order valence-electron chi connectivity index (χ1n) is 11.7. The van der Waals surface area contributed by atoms with Gasteiger partial charge in [-0.15, -0.1) is 0 Å². The molecular weight excluding hydrogens is 442 g/mol. The van der Waals surface area contributed by atoms with Crippen molar-refractivity contribution in [2.75, 3.05) is 38.2 Å². The normalized spacial score (nSPS) is 13.7. The summed E-state index contributed by atoms with van der Waals surface area (Å²) in [6, 6.07) is 19.2. The van der Waals surface area contributed by atoms with Gasteiger partial charge in [0, 0.05) is 50.4 Å². The Hall–Kier alpha value is -4.20. The summed E-state index contributed by atoms with van der Waals surface area (Å²) in [5, 5.41) is 5.98. The largest absolute Gasteiger partial charge is 0.495 e. The lowest BCUT2D eigenvalue weighted by atomic mass is 10.1. The number of hydrogen-bond acceptors (Lipinski definition) is 6. The number of piperazine rings is 1. The molecule has 0 N–H and O–H groups in total. The van der Waals surface area contributed by atoms with E-state index in [0.29, 0.717) is 38.0 Å². The number of nitrogens with zero attached hydrogens (tertiary/aromatic N) is 5. The molecule has 178 valence electrons. The Bertz CT molecular complexity index is 1400. The van der Waals surface area contributed by atoms with Crippen LogP contribution in [0.25, 0.3) is 10.8 Å². The summed E-state index contributed by atoms with van der Waals surface area (Å²) in [6.45, 7) is 2.44. The third-order valence-corrected chi connectivity index (χ3v) is 6.38. The highest BCUT2D eigenvalue weighted by atomic mass is 16.5. The van der Waals surface area contributed by atoms with Crippen LogP contribution in [-0.2, 0) is 17.8 Å². The summed E-state index contributed by atoms with van der Waals surface area (Å²) in [4.78, 5) is 34.5. The number of carbonyl (C=O) groups is 1. The minimum absolute atomic E-state index is 0.0850. The topological polar surface area (TPSA) is 80.6 Å². The van der Waals surface area contributed by atoms with E-state index >= 15 is 0 Å². The van der Waals surface area contributed by atoms with Crippen molar-refractivity contribution in [3.8, 4) is 5.75 Å². The number of amides is 1. The van der Waals surface area contributed by atoms with Crippen LogP contribution in [0.15, 0.2) is 77.9 Å². The fourth-order valence-corrected chi connectivity index (χ4v) is 4.55. The van der Waals surface area contributed by atoms with Gasteiger partial charge in [-0.25, -0.2) is 4.68 Å². The molecule has 2 aromatic carbocycles. The number of aromatic nitrogens is 3. The van der Waals surface area contributed by atoms with E-state index in [0.717, 1.165) is 28.1 Å². The number of ether oxygens (including phenoxy) is 1. The molecule has 0 saturated carbocycles. The molecule has 8 heteroatoms. The maximum atomic E-state index is 13.2. The number of para-hydroxylation sites is 2. The molecule has 1 fully saturated rings. The molecule has 0 atom stereocenters. The Labute approximate surface area is 203 Å². The van der Waals surface area contributed by atoms with Crippen LogP contribution in [0.3, 0.4) is 0 Å². The SMILES string of the molecule is COc1ccccc1N1CCN(C(=O)Cn2nc(Cc3cccnc3)c3ccccc3c2=O)CC1. The zero-order valence-electron chi connectivity index (χ0n) is 19.6. The van der Waals surface area contributed by atoms with E-state index in [1.54, 1.807) is 30.5 Å². The van der Waals surface area contributed by atoms with Crippen molar-refractivity contribution in [2.45, 2.75) is 13.0 Å². The fourth-order valence-electron chi connectivity index (χ4n) is 4.55. The number of carbonyl (C=O) groups excluding carboxylic acids is 1.